The summed E-state index contributed by atoms with van der Waals surface area (Å²) >= 11 is 3.51. The van der Waals surface area contributed by atoms with Crippen molar-refractivity contribution in [3.8, 4) is 5.75 Å². The Kier molecular flexibility index (Phi) is 4.54. The van der Waals surface area contributed by atoms with Crippen LogP contribution in [0.1, 0.15) is 52.0 Å². The SMILES string of the molecule is C=C1CC2(CCN(C(=O)CC(C)(C)C)CC2)Oc2ccc(Br)cc21. The lowest BCUT2D eigenvalue weighted by Gasteiger charge is -2.45. The molecule has 1 aromatic carbocycles. The van der Waals surface area contributed by atoms with Crippen molar-refractivity contribution in [1.82, 2.24) is 4.90 Å². The number of nitrogens with zero attached hydrogens (tertiary/aromatic N) is 1. The number of hydrogen-bond donors (Lipinski definition) is 0. The topological polar surface area (TPSA) is 29.5 Å². The molecule has 1 fully saturated rings. The zero-order valence-corrected chi connectivity index (χ0v) is 16.4. The van der Waals surface area contributed by atoms with Crippen LogP contribution in [0.2, 0.25) is 0 Å². The highest BCUT2D eigenvalue weighted by Gasteiger charge is 2.41. The van der Waals surface area contributed by atoms with Crippen LogP contribution in [0.3, 0.4) is 0 Å². The molecule has 1 amide bonds. The highest BCUT2D eigenvalue weighted by atomic mass is 79.9. The Hall–Kier alpha value is -1.29. The zero-order valence-electron chi connectivity index (χ0n) is 14.8. The van der Waals surface area contributed by atoms with Crippen molar-refractivity contribution >= 4 is 27.4 Å². The second-order valence-corrected chi connectivity index (χ2v) is 9.24. The summed E-state index contributed by atoms with van der Waals surface area (Å²) in [4.78, 5) is 14.4. The second-order valence-electron chi connectivity index (χ2n) is 8.32. The van der Waals surface area contributed by atoms with Crippen LogP contribution in [-0.2, 0) is 4.79 Å². The normalized spacial score (nSPS) is 19.8. The number of fused-ring (bicyclic) bond motifs is 1. The molecule has 1 aromatic rings. The van der Waals surface area contributed by atoms with Crippen molar-refractivity contribution in [2.75, 3.05) is 13.1 Å². The summed E-state index contributed by atoms with van der Waals surface area (Å²) in [6.45, 7) is 12.1. The highest BCUT2D eigenvalue weighted by molar-refractivity contribution is 9.10. The van der Waals surface area contributed by atoms with Gasteiger partial charge in [-0.15, -0.1) is 0 Å². The third-order valence-corrected chi connectivity index (χ3v) is 5.39. The number of rotatable bonds is 1. The Morgan fingerprint density at radius 3 is 2.62 bits per heavy atom. The summed E-state index contributed by atoms with van der Waals surface area (Å²) < 4.78 is 7.44. The number of ether oxygens (including phenoxy) is 1. The number of carbonyl (C=O) groups excluding carboxylic acids is 1. The molecule has 3 nitrogen and oxygen atoms in total. The maximum absolute atomic E-state index is 12.4. The van der Waals surface area contributed by atoms with E-state index in [-0.39, 0.29) is 16.9 Å². The van der Waals surface area contributed by atoms with Crippen molar-refractivity contribution < 1.29 is 9.53 Å². The predicted molar refractivity (Wildman–Crippen MR) is 101 cm³/mol. The molecule has 2 aliphatic rings. The van der Waals surface area contributed by atoms with Crippen LogP contribution < -0.4 is 4.74 Å². The van der Waals surface area contributed by atoms with Gasteiger partial charge in [0.1, 0.15) is 11.4 Å². The molecule has 0 aromatic heterocycles. The van der Waals surface area contributed by atoms with E-state index in [0.717, 1.165) is 53.7 Å². The summed E-state index contributed by atoms with van der Waals surface area (Å²) in [5.41, 5.74) is 2.07. The summed E-state index contributed by atoms with van der Waals surface area (Å²) in [7, 11) is 0. The molecule has 2 aliphatic heterocycles. The molecule has 0 aliphatic carbocycles. The van der Waals surface area contributed by atoms with Crippen molar-refractivity contribution in [3.05, 3.63) is 34.8 Å². The Morgan fingerprint density at radius 2 is 2.00 bits per heavy atom. The van der Waals surface area contributed by atoms with Crippen molar-refractivity contribution in [2.24, 2.45) is 5.41 Å². The van der Waals surface area contributed by atoms with Gasteiger partial charge in [-0.05, 0) is 29.2 Å². The molecule has 4 heteroatoms. The van der Waals surface area contributed by atoms with Gasteiger partial charge in [-0.1, -0.05) is 43.3 Å². The van der Waals surface area contributed by atoms with Gasteiger partial charge in [-0.3, -0.25) is 4.79 Å². The largest absolute Gasteiger partial charge is 0.486 e. The third kappa shape index (κ3) is 3.69. The van der Waals surface area contributed by atoms with Gasteiger partial charge in [0.05, 0.1) is 0 Å². The van der Waals surface area contributed by atoms with Crippen LogP contribution in [0, 0.1) is 5.41 Å². The van der Waals surface area contributed by atoms with E-state index in [4.69, 9.17) is 4.74 Å². The minimum atomic E-state index is -0.198. The maximum Gasteiger partial charge on any atom is 0.223 e. The Balaban J connectivity index is 1.69. The van der Waals surface area contributed by atoms with E-state index in [2.05, 4.69) is 49.3 Å². The molecule has 130 valence electrons. The Bertz CT molecular complexity index is 667. The van der Waals surface area contributed by atoms with E-state index in [1.54, 1.807) is 0 Å². The summed E-state index contributed by atoms with van der Waals surface area (Å²) in [5, 5.41) is 0. The summed E-state index contributed by atoms with van der Waals surface area (Å²) in [6.07, 6.45) is 3.19. The maximum atomic E-state index is 12.4. The van der Waals surface area contributed by atoms with Crippen LogP contribution in [0.4, 0.5) is 0 Å². The molecule has 0 N–H and O–H groups in total. The van der Waals surface area contributed by atoms with Gasteiger partial charge in [0.2, 0.25) is 5.91 Å². The van der Waals surface area contributed by atoms with Gasteiger partial charge in [-0.25, -0.2) is 0 Å². The quantitative estimate of drug-likeness (QED) is 0.670. The number of hydrogen-bond acceptors (Lipinski definition) is 2. The minimum absolute atomic E-state index is 0.0359. The fourth-order valence-corrected chi connectivity index (χ4v) is 3.99. The van der Waals surface area contributed by atoms with Gasteiger partial charge in [0, 0.05) is 48.8 Å². The van der Waals surface area contributed by atoms with Gasteiger partial charge in [0.25, 0.3) is 0 Å². The van der Waals surface area contributed by atoms with Crippen LogP contribution in [0.25, 0.3) is 5.57 Å². The number of benzene rings is 1. The molecule has 0 saturated carbocycles. The number of likely N-dealkylation sites (tertiary alicyclic amines) is 1. The van der Waals surface area contributed by atoms with Gasteiger partial charge in [0.15, 0.2) is 0 Å². The second kappa shape index (κ2) is 6.21. The number of piperidine rings is 1. The first-order chi connectivity index (χ1) is 11.2. The van der Waals surface area contributed by atoms with Gasteiger partial charge in [-0.2, -0.15) is 0 Å². The smallest absolute Gasteiger partial charge is 0.223 e. The molecule has 2 heterocycles. The molecule has 0 atom stereocenters. The van der Waals surface area contributed by atoms with E-state index < -0.39 is 0 Å². The van der Waals surface area contributed by atoms with Crippen LogP contribution >= 0.6 is 15.9 Å². The zero-order chi connectivity index (χ0) is 17.5. The lowest BCUT2D eigenvalue weighted by molar-refractivity contribution is -0.136. The molecule has 24 heavy (non-hydrogen) atoms. The fraction of sp³-hybridized carbons (Fsp3) is 0.550. The molecule has 1 saturated heterocycles. The van der Waals surface area contributed by atoms with E-state index >= 15 is 0 Å². The number of halogens is 1. The minimum Gasteiger partial charge on any atom is -0.486 e. The van der Waals surface area contributed by atoms with E-state index in [0.29, 0.717) is 6.42 Å². The molecule has 0 unspecified atom stereocenters. The summed E-state index contributed by atoms with van der Waals surface area (Å²) in [5.74, 6) is 1.18. The molecule has 0 radical (unpaired) electrons. The number of amides is 1. The first-order valence-corrected chi connectivity index (χ1v) is 9.41. The Morgan fingerprint density at radius 1 is 1.33 bits per heavy atom. The van der Waals surface area contributed by atoms with Gasteiger partial charge < -0.3 is 9.64 Å². The number of carbonyl (C=O) groups is 1. The standard InChI is InChI=1S/C20H26BrNO2/c1-14-12-20(24-17-6-5-15(21)11-16(14)17)7-9-22(10-8-20)18(23)13-19(2,3)4/h5-6,11H,1,7-10,12-13H2,2-4H3. The molecular formula is C20H26BrNO2. The van der Waals surface area contributed by atoms with Crippen LogP contribution in [0.5, 0.6) is 5.75 Å². The monoisotopic (exact) mass is 391 g/mol. The van der Waals surface area contributed by atoms with Crippen LogP contribution in [-0.4, -0.2) is 29.5 Å². The van der Waals surface area contributed by atoms with E-state index in [1.165, 1.54) is 0 Å². The van der Waals surface area contributed by atoms with Crippen molar-refractivity contribution in [2.45, 2.75) is 52.1 Å². The molecular weight excluding hydrogens is 366 g/mol. The molecule has 1 spiro atoms. The van der Waals surface area contributed by atoms with Crippen LogP contribution in [0.15, 0.2) is 29.3 Å². The van der Waals surface area contributed by atoms with Gasteiger partial charge >= 0.3 is 0 Å². The molecule has 3 rings (SSSR count). The Labute approximate surface area is 153 Å². The summed E-state index contributed by atoms with van der Waals surface area (Å²) in [6, 6.07) is 6.10. The predicted octanol–water partition coefficient (Wildman–Crippen LogP) is 5.04. The van der Waals surface area contributed by atoms with E-state index in [1.807, 2.05) is 17.0 Å². The first-order valence-electron chi connectivity index (χ1n) is 8.62. The fourth-order valence-electron chi connectivity index (χ4n) is 3.63. The van der Waals surface area contributed by atoms with Crippen molar-refractivity contribution in [3.63, 3.8) is 0 Å². The highest BCUT2D eigenvalue weighted by Crippen LogP contribution is 2.45. The third-order valence-electron chi connectivity index (χ3n) is 4.89. The average molecular weight is 392 g/mol. The van der Waals surface area contributed by atoms with Crippen molar-refractivity contribution in [1.29, 1.82) is 0 Å². The lowest BCUT2D eigenvalue weighted by Crippen LogP contribution is -2.51. The average Bonchev–Trinajstić information content (AvgIpc) is 2.47. The molecule has 0 bridgehead atoms. The first kappa shape index (κ1) is 17.5. The van der Waals surface area contributed by atoms with E-state index in [9.17, 15) is 4.79 Å². The lowest BCUT2D eigenvalue weighted by atomic mass is 9.80.